The minimum absolute atomic E-state index is 0.00437. The number of hydrogen-bond donors (Lipinski definition) is 5. The van der Waals surface area contributed by atoms with E-state index in [1.54, 1.807) is 6.92 Å². The minimum atomic E-state index is -5.20. The number of unbranched alkanes of at least 4 members (excludes halogenated alkanes) is 3. The molecule has 9 atom stereocenters. The van der Waals surface area contributed by atoms with Crippen LogP contribution in [0.15, 0.2) is 18.2 Å². The fraction of sp³-hybridized carbons (Fsp3) is 0.667. The molecule has 0 radical (unpaired) electrons. The van der Waals surface area contributed by atoms with Crippen molar-refractivity contribution in [2.45, 2.75) is 128 Å². The molecule has 0 aliphatic carbocycles. The normalized spacial score (nSPS) is 28.4. The molecule has 4 saturated heterocycles. The Balaban J connectivity index is 1.56. The number of carbonyl (C=O) groups excluding carboxylic acids is 7. The van der Waals surface area contributed by atoms with Gasteiger partial charge in [0.1, 0.15) is 54.0 Å². The number of rotatable bonds is 12. The Labute approximate surface area is 351 Å². The molecule has 5 rings (SSSR count). The van der Waals surface area contributed by atoms with Crippen LogP contribution in [0.5, 0.6) is 0 Å². The molecule has 19 nitrogen and oxygen atoms in total. The number of ether oxygens (including phenoxy) is 2. The molecule has 61 heavy (non-hydrogen) atoms. The van der Waals surface area contributed by atoms with E-state index in [1.165, 1.54) is 18.7 Å². The van der Waals surface area contributed by atoms with Gasteiger partial charge in [0.25, 0.3) is 0 Å². The van der Waals surface area contributed by atoms with Crippen LogP contribution < -0.4 is 16.0 Å². The molecule has 4 aliphatic heterocycles. The highest BCUT2D eigenvalue weighted by atomic mass is 31.2. The van der Waals surface area contributed by atoms with Crippen LogP contribution in [0.4, 0.5) is 8.78 Å². The highest BCUT2D eigenvalue weighted by molar-refractivity contribution is 7.46. The maximum atomic E-state index is 14.9. The number of cyclic esters (lactones) is 1. The first-order valence-electron chi connectivity index (χ1n) is 20.5. The number of nitrogens with one attached hydrogen (secondary N) is 3. The summed E-state index contributed by atoms with van der Waals surface area (Å²) in [4.78, 5) is 121. The number of amides is 6. The number of fused-ring (bicyclic) bond motifs is 3. The molecule has 4 aliphatic rings. The van der Waals surface area contributed by atoms with Crippen molar-refractivity contribution in [1.29, 1.82) is 0 Å². The fourth-order valence-electron chi connectivity index (χ4n) is 8.25. The third-order valence-corrected chi connectivity index (χ3v) is 11.8. The number of esters is 1. The zero-order valence-corrected chi connectivity index (χ0v) is 35.4. The van der Waals surface area contributed by atoms with Crippen LogP contribution >= 0.6 is 7.82 Å². The lowest BCUT2D eigenvalue weighted by Gasteiger charge is -2.39. The molecule has 5 N–H and O–H groups in total. The average molecular weight is 885 g/mol. The summed E-state index contributed by atoms with van der Waals surface area (Å²) in [5.41, 5.74) is -0.0196. The number of morpholine rings is 1. The van der Waals surface area contributed by atoms with Crippen molar-refractivity contribution >= 4 is 49.2 Å². The van der Waals surface area contributed by atoms with Gasteiger partial charge in [-0.05, 0) is 50.3 Å². The van der Waals surface area contributed by atoms with E-state index in [4.69, 9.17) is 14.0 Å². The SMILES string of the molecule is CCCCCCC(=O)N[C@@H](Cc1cc(F)cc(F)c1)C(=O)N[C@@H]1C(=O)N2C[C@H](OP(=O)(O)O)C[C@H]2C(=O)N2CCOC[C@H]2C(=O)N[C@@H](C)C(=O)N2C[C@H](C)CC2C(=O)O[C@H]1C. The van der Waals surface area contributed by atoms with E-state index in [0.717, 1.165) is 41.2 Å². The van der Waals surface area contributed by atoms with Gasteiger partial charge < -0.3 is 49.9 Å². The van der Waals surface area contributed by atoms with Gasteiger partial charge in [-0.15, -0.1) is 0 Å². The van der Waals surface area contributed by atoms with E-state index < -0.39 is 129 Å². The van der Waals surface area contributed by atoms with Crippen LogP contribution in [0.2, 0.25) is 0 Å². The number of hydrogen-bond acceptors (Lipinski definition) is 11. The Hall–Kier alpha value is -4.56. The van der Waals surface area contributed by atoms with E-state index >= 15 is 0 Å². The Morgan fingerprint density at radius 1 is 0.918 bits per heavy atom. The predicted octanol–water partition coefficient (Wildman–Crippen LogP) is 0.441. The van der Waals surface area contributed by atoms with E-state index in [1.807, 2.05) is 6.92 Å². The van der Waals surface area contributed by atoms with Crippen molar-refractivity contribution in [2.24, 2.45) is 5.92 Å². The van der Waals surface area contributed by atoms with Crippen LogP contribution in [0.25, 0.3) is 0 Å². The van der Waals surface area contributed by atoms with Crippen molar-refractivity contribution in [3.8, 4) is 0 Å². The molecule has 0 saturated carbocycles. The van der Waals surface area contributed by atoms with E-state index in [9.17, 15) is 56.7 Å². The molecule has 1 aromatic rings. The zero-order chi connectivity index (χ0) is 44.8. The maximum Gasteiger partial charge on any atom is 0.469 e. The van der Waals surface area contributed by atoms with Gasteiger partial charge in [-0.1, -0.05) is 33.1 Å². The highest BCUT2D eigenvalue weighted by Crippen LogP contribution is 2.41. The van der Waals surface area contributed by atoms with E-state index in [0.29, 0.717) is 12.5 Å². The second kappa shape index (κ2) is 20.5. The molecule has 6 amide bonds. The molecule has 22 heteroatoms. The van der Waals surface area contributed by atoms with E-state index in [-0.39, 0.29) is 50.6 Å². The summed E-state index contributed by atoms with van der Waals surface area (Å²) < 4.78 is 56.9. The lowest BCUT2D eigenvalue weighted by Crippen LogP contribution is -2.64. The molecule has 0 aromatic heterocycles. The Kier molecular flexibility index (Phi) is 16.0. The first kappa shape index (κ1) is 47.5. The van der Waals surface area contributed by atoms with Gasteiger partial charge >= 0.3 is 13.8 Å². The smallest absolute Gasteiger partial charge is 0.458 e. The Bertz CT molecular complexity index is 1870. The third kappa shape index (κ3) is 12.3. The van der Waals surface area contributed by atoms with Crippen LogP contribution in [0.1, 0.15) is 78.2 Å². The quantitative estimate of drug-likeness (QED) is 0.109. The Morgan fingerprint density at radius 2 is 1.61 bits per heavy atom. The maximum absolute atomic E-state index is 14.9. The van der Waals surface area contributed by atoms with Gasteiger partial charge in [-0.3, -0.25) is 33.3 Å². The van der Waals surface area contributed by atoms with Crippen LogP contribution in [0, 0.1) is 17.6 Å². The number of benzene rings is 1. The zero-order valence-electron chi connectivity index (χ0n) is 34.6. The van der Waals surface area contributed by atoms with Crippen LogP contribution in [-0.4, -0.2) is 147 Å². The molecule has 1 aromatic carbocycles. The summed E-state index contributed by atoms with van der Waals surface area (Å²) in [6.45, 7) is 5.51. The molecule has 338 valence electrons. The fourth-order valence-corrected chi connectivity index (χ4v) is 8.79. The van der Waals surface area contributed by atoms with Gasteiger partial charge in [0, 0.05) is 45.0 Å². The predicted molar refractivity (Wildman–Crippen MR) is 208 cm³/mol. The van der Waals surface area contributed by atoms with E-state index in [2.05, 4.69) is 16.0 Å². The molecular formula is C39H55F2N6O13P. The van der Waals surface area contributed by atoms with Crippen LogP contribution in [0.3, 0.4) is 0 Å². The summed E-state index contributed by atoms with van der Waals surface area (Å²) in [6.07, 6.45) is -0.830. The average Bonchev–Trinajstić information content (AvgIpc) is 3.79. The molecule has 4 fully saturated rings. The number of phosphoric acid groups is 1. The number of phosphoric ester groups is 1. The lowest BCUT2D eigenvalue weighted by molar-refractivity contribution is -0.164. The lowest BCUT2D eigenvalue weighted by atomic mass is 10.0. The first-order valence-corrected chi connectivity index (χ1v) is 22.1. The molecule has 0 bridgehead atoms. The van der Waals surface area contributed by atoms with Gasteiger partial charge in [0.05, 0.1) is 19.3 Å². The molecular weight excluding hydrogens is 829 g/mol. The summed E-state index contributed by atoms with van der Waals surface area (Å²) in [6, 6.07) is -6.07. The second-order valence-corrected chi connectivity index (χ2v) is 17.4. The standard InChI is InChI=1S/C39H55F2N6O13P/c1-5-6-7-8-9-32(48)43-28(15-24-13-25(40)16-26(41)14-24)34(49)44-33-23(4)59-39(54)30-12-21(2)18-46(30)36(51)22(3)42-35(50)31-20-58-11-10-45(31)37(52)29-17-27(60-61(55,56)57)19-47(29)38(33)53/h13-14,16,21-23,27-31,33H,5-12,15,17-20H2,1-4H3,(H,42,50)(H,43,48)(H,44,49)(H2,55,56,57)/t21-,22+,23+,27-,28+,29+,30?,31+,33+/m1/s1. The number of carbonyl (C=O) groups is 7. The van der Waals surface area contributed by atoms with Gasteiger partial charge in [-0.2, -0.15) is 0 Å². The summed E-state index contributed by atoms with van der Waals surface area (Å²) in [5.74, 6) is -8.00. The van der Waals surface area contributed by atoms with Crippen molar-refractivity contribution in [2.75, 3.05) is 32.8 Å². The van der Waals surface area contributed by atoms with Crippen molar-refractivity contribution < 1.29 is 70.7 Å². The monoisotopic (exact) mass is 884 g/mol. The largest absolute Gasteiger partial charge is 0.469 e. The molecule has 1 unspecified atom stereocenters. The summed E-state index contributed by atoms with van der Waals surface area (Å²) in [7, 11) is -5.20. The van der Waals surface area contributed by atoms with Gasteiger partial charge in [0.15, 0.2) is 0 Å². The third-order valence-electron chi connectivity index (χ3n) is 11.2. The number of nitrogens with zero attached hydrogens (tertiary/aromatic N) is 3. The van der Waals surface area contributed by atoms with Crippen molar-refractivity contribution in [1.82, 2.24) is 30.7 Å². The molecule has 4 heterocycles. The minimum Gasteiger partial charge on any atom is -0.458 e. The van der Waals surface area contributed by atoms with Crippen LogP contribution in [-0.2, 0) is 58.5 Å². The van der Waals surface area contributed by atoms with Crippen molar-refractivity contribution in [3.05, 3.63) is 35.4 Å². The molecule has 0 spiro atoms. The Morgan fingerprint density at radius 3 is 2.28 bits per heavy atom. The van der Waals surface area contributed by atoms with Gasteiger partial charge in [0.2, 0.25) is 35.4 Å². The first-order chi connectivity index (χ1) is 28.8. The van der Waals surface area contributed by atoms with Crippen molar-refractivity contribution in [3.63, 3.8) is 0 Å². The van der Waals surface area contributed by atoms with Gasteiger partial charge in [-0.25, -0.2) is 18.1 Å². The number of halogens is 2. The summed E-state index contributed by atoms with van der Waals surface area (Å²) in [5, 5.41) is 7.70. The summed E-state index contributed by atoms with van der Waals surface area (Å²) >= 11 is 0. The topological polar surface area (TPSA) is 251 Å². The second-order valence-electron chi connectivity index (χ2n) is 16.2. The highest BCUT2D eigenvalue weighted by Gasteiger charge is 2.50.